The van der Waals surface area contributed by atoms with Crippen LogP contribution in [0.2, 0.25) is 0 Å². The molecule has 4 nitrogen and oxygen atoms in total. The van der Waals surface area contributed by atoms with Crippen LogP contribution in [0, 0.1) is 0 Å². The first-order valence-corrected chi connectivity index (χ1v) is 6.38. The Kier molecular flexibility index (Phi) is 3.87. The standard InChI is InChI=1S/C14H20N2O2/c1-11(17)6-5-9-16-13-8-4-3-7-12(13)10-15(2)14(16)18/h3-4,7-8,11,17H,5-6,9-10H2,1-2H3. The maximum Gasteiger partial charge on any atom is 0.324 e. The van der Waals surface area contributed by atoms with Gasteiger partial charge in [-0.05, 0) is 31.4 Å². The lowest BCUT2D eigenvalue weighted by molar-refractivity contribution is 0.180. The van der Waals surface area contributed by atoms with Crippen molar-refractivity contribution < 1.29 is 9.90 Å². The number of aliphatic hydroxyl groups excluding tert-OH is 1. The molecule has 0 saturated carbocycles. The van der Waals surface area contributed by atoms with Gasteiger partial charge in [-0.25, -0.2) is 4.79 Å². The Labute approximate surface area is 108 Å². The van der Waals surface area contributed by atoms with Gasteiger partial charge in [0.1, 0.15) is 0 Å². The molecule has 1 N–H and O–H groups in total. The molecule has 2 amide bonds. The summed E-state index contributed by atoms with van der Waals surface area (Å²) in [6.45, 7) is 3.10. The lowest BCUT2D eigenvalue weighted by Crippen LogP contribution is -2.45. The van der Waals surface area contributed by atoms with E-state index in [0.717, 1.165) is 18.5 Å². The second kappa shape index (κ2) is 5.40. The van der Waals surface area contributed by atoms with Crippen molar-refractivity contribution in [3.8, 4) is 0 Å². The third-order valence-electron chi connectivity index (χ3n) is 3.25. The fraction of sp³-hybridized carbons (Fsp3) is 0.500. The van der Waals surface area contributed by atoms with Gasteiger partial charge in [-0.3, -0.25) is 4.90 Å². The maximum atomic E-state index is 12.2. The highest BCUT2D eigenvalue weighted by Gasteiger charge is 2.27. The zero-order valence-corrected chi connectivity index (χ0v) is 11.0. The number of amides is 2. The van der Waals surface area contributed by atoms with Crippen LogP contribution in [0.3, 0.4) is 0 Å². The maximum absolute atomic E-state index is 12.2. The zero-order chi connectivity index (χ0) is 13.1. The zero-order valence-electron chi connectivity index (χ0n) is 11.0. The van der Waals surface area contributed by atoms with Crippen LogP contribution in [0.15, 0.2) is 24.3 Å². The summed E-state index contributed by atoms with van der Waals surface area (Å²) in [5, 5.41) is 9.28. The summed E-state index contributed by atoms with van der Waals surface area (Å²) in [6.07, 6.45) is 1.22. The highest BCUT2D eigenvalue weighted by atomic mass is 16.3. The second-order valence-electron chi connectivity index (χ2n) is 4.91. The number of para-hydroxylation sites is 1. The first-order valence-electron chi connectivity index (χ1n) is 6.38. The number of aliphatic hydroxyl groups is 1. The van der Waals surface area contributed by atoms with Gasteiger partial charge in [0.25, 0.3) is 0 Å². The summed E-state index contributed by atoms with van der Waals surface area (Å²) in [5.41, 5.74) is 2.18. The monoisotopic (exact) mass is 248 g/mol. The number of hydrogen-bond donors (Lipinski definition) is 1. The minimum atomic E-state index is -0.308. The van der Waals surface area contributed by atoms with Gasteiger partial charge in [-0.2, -0.15) is 0 Å². The highest BCUT2D eigenvalue weighted by molar-refractivity contribution is 5.94. The average molecular weight is 248 g/mol. The van der Waals surface area contributed by atoms with Crippen molar-refractivity contribution in [1.82, 2.24) is 4.90 Å². The van der Waals surface area contributed by atoms with Crippen LogP contribution in [-0.2, 0) is 6.54 Å². The Morgan fingerprint density at radius 3 is 2.83 bits per heavy atom. The van der Waals surface area contributed by atoms with Crippen LogP contribution < -0.4 is 4.90 Å². The van der Waals surface area contributed by atoms with E-state index >= 15 is 0 Å². The molecule has 1 aliphatic heterocycles. The first kappa shape index (κ1) is 12.9. The van der Waals surface area contributed by atoms with E-state index in [4.69, 9.17) is 0 Å². The number of fused-ring (bicyclic) bond motifs is 1. The molecule has 0 bridgehead atoms. The minimum absolute atomic E-state index is 0.0410. The molecule has 0 aromatic heterocycles. The molecule has 0 aliphatic carbocycles. The molecular weight excluding hydrogens is 228 g/mol. The van der Waals surface area contributed by atoms with Crippen molar-refractivity contribution in [3.63, 3.8) is 0 Å². The summed E-state index contributed by atoms with van der Waals surface area (Å²) < 4.78 is 0. The van der Waals surface area contributed by atoms with E-state index in [1.165, 1.54) is 5.56 Å². The highest BCUT2D eigenvalue weighted by Crippen LogP contribution is 2.27. The summed E-state index contributed by atoms with van der Waals surface area (Å²) in [5.74, 6) is 0. The number of anilines is 1. The predicted octanol–water partition coefficient (Wildman–Crippen LogP) is 2.22. The normalized spacial score (nSPS) is 16.7. The van der Waals surface area contributed by atoms with Crippen molar-refractivity contribution in [2.75, 3.05) is 18.5 Å². The molecular formula is C14H20N2O2. The van der Waals surface area contributed by atoms with Crippen LogP contribution in [-0.4, -0.2) is 35.7 Å². The summed E-state index contributed by atoms with van der Waals surface area (Å²) in [4.78, 5) is 15.7. The van der Waals surface area contributed by atoms with E-state index in [1.807, 2.05) is 25.2 Å². The molecule has 1 atom stereocenters. The first-order chi connectivity index (χ1) is 8.59. The third-order valence-corrected chi connectivity index (χ3v) is 3.25. The van der Waals surface area contributed by atoms with Gasteiger partial charge in [0.05, 0.1) is 11.8 Å². The lowest BCUT2D eigenvalue weighted by Gasteiger charge is -2.35. The lowest BCUT2D eigenvalue weighted by atomic mass is 10.1. The fourth-order valence-corrected chi connectivity index (χ4v) is 2.30. The van der Waals surface area contributed by atoms with Crippen molar-refractivity contribution in [3.05, 3.63) is 29.8 Å². The molecule has 1 aromatic rings. The van der Waals surface area contributed by atoms with Crippen LogP contribution in [0.25, 0.3) is 0 Å². The predicted molar refractivity (Wildman–Crippen MR) is 71.6 cm³/mol. The van der Waals surface area contributed by atoms with Crippen LogP contribution in [0.1, 0.15) is 25.3 Å². The molecule has 2 rings (SSSR count). The van der Waals surface area contributed by atoms with Gasteiger partial charge in [-0.15, -0.1) is 0 Å². The van der Waals surface area contributed by atoms with E-state index in [2.05, 4.69) is 6.07 Å². The number of hydrogen-bond acceptors (Lipinski definition) is 2. The van der Waals surface area contributed by atoms with Crippen molar-refractivity contribution in [1.29, 1.82) is 0 Å². The molecule has 0 radical (unpaired) electrons. The molecule has 1 aliphatic rings. The average Bonchev–Trinajstić information content (AvgIpc) is 2.33. The quantitative estimate of drug-likeness (QED) is 0.888. The van der Waals surface area contributed by atoms with Crippen LogP contribution >= 0.6 is 0 Å². The van der Waals surface area contributed by atoms with Crippen molar-refractivity contribution in [2.45, 2.75) is 32.4 Å². The second-order valence-corrected chi connectivity index (χ2v) is 4.91. The largest absolute Gasteiger partial charge is 0.393 e. The van der Waals surface area contributed by atoms with E-state index in [0.29, 0.717) is 13.1 Å². The van der Waals surface area contributed by atoms with Gasteiger partial charge < -0.3 is 10.0 Å². The molecule has 1 heterocycles. The Hall–Kier alpha value is -1.55. The van der Waals surface area contributed by atoms with Gasteiger partial charge >= 0.3 is 6.03 Å². The molecule has 0 fully saturated rings. The van der Waals surface area contributed by atoms with E-state index in [-0.39, 0.29) is 12.1 Å². The summed E-state index contributed by atoms with van der Waals surface area (Å²) in [6, 6.07) is 8.04. The molecule has 98 valence electrons. The van der Waals surface area contributed by atoms with Crippen LogP contribution in [0.5, 0.6) is 0 Å². The summed E-state index contributed by atoms with van der Waals surface area (Å²) in [7, 11) is 1.82. The van der Waals surface area contributed by atoms with Crippen molar-refractivity contribution >= 4 is 11.7 Å². The van der Waals surface area contributed by atoms with Gasteiger partial charge in [0, 0.05) is 20.1 Å². The molecule has 0 saturated heterocycles. The topological polar surface area (TPSA) is 43.8 Å². The fourth-order valence-electron chi connectivity index (χ4n) is 2.30. The molecule has 18 heavy (non-hydrogen) atoms. The van der Waals surface area contributed by atoms with Crippen molar-refractivity contribution in [2.24, 2.45) is 0 Å². The Morgan fingerprint density at radius 2 is 2.11 bits per heavy atom. The number of carbonyl (C=O) groups is 1. The van der Waals surface area contributed by atoms with E-state index < -0.39 is 0 Å². The Morgan fingerprint density at radius 1 is 1.39 bits per heavy atom. The van der Waals surface area contributed by atoms with Gasteiger partial charge in [-0.1, -0.05) is 18.2 Å². The number of urea groups is 1. The molecule has 1 unspecified atom stereocenters. The minimum Gasteiger partial charge on any atom is -0.393 e. The Balaban J connectivity index is 2.14. The van der Waals surface area contributed by atoms with E-state index in [9.17, 15) is 9.90 Å². The number of benzene rings is 1. The number of rotatable bonds is 4. The van der Waals surface area contributed by atoms with Gasteiger partial charge in [0.15, 0.2) is 0 Å². The number of carbonyl (C=O) groups excluding carboxylic acids is 1. The smallest absolute Gasteiger partial charge is 0.324 e. The summed E-state index contributed by atoms with van der Waals surface area (Å²) >= 11 is 0. The number of nitrogens with zero attached hydrogens (tertiary/aromatic N) is 2. The SMILES string of the molecule is CC(O)CCCN1C(=O)N(C)Cc2ccccc21. The molecule has 0 spiro atoms. The molecule has 4 heteroatoms. The third kappa shape index (κ3) is 2.64. The Bertz CT molecular complexity index is 432. The van der Waals surface area contributed by atoms with E-state index in [1.54, 1.807) is 16.7 Å². The molecule has 1 aromatic carbocycles. The van der Waals surface area contributed by atoms with Crippen LogP contribution in [0.4, 0.5) is 10.5 Å². The van der Waals surface area contributed by atoms with Gasteiger partial charge in [0.2, 0.25) is 0 Å².